The summed E-state index contributed by atoms with van der Waals surface area (Å²) >= 11 is 2.59. The molecule has 0 fully saturated rings. The average molecular weight is 355 g/mol. The van der Waals surface area contributed by atoms with Crippen LogP contribution in [0.15, 0.2) is 46.9 Å². The Morgan fingerprint density at radius 2 is 2.17 bits per heavy atom. The van der Waals surface area contributed by atoms with Gasteiger partial charge in [0.25, 0.3) is 0 Å². The van der Waals surface area contributed by atoms with Crippen LogP contribution in [0.4, 0.5) is 5.00 Å². The first-order valence-electron chi connectivity index (χ1n) is 7.10. The minimum atomic E-state index is -0.391. The number of thiophene rings is 1. The Balaban J connectivity index is 1.65. The fourth-order valence-electron chi connectivity index (χ4n) is 1.94. The van der Waals surface area contributed by atoms with Gasteiger partial charge in [-0.25, -0.2) is 4.98 Å². The van der Waals surface area contributed by atoms with Gasteiger partial charge < -0.3 is 5.32 Å². The van der Waals surface area contributed by atoms with Crippen LogP contribution in [0.3, 0.4) is 0 Å². The Kier molecular flexibility index (Phi) is 4.93. The molecule has 0 unspecified atom stereocenters. The molecule has 0 bridgehead atoms. The van der Waals surface area contributed by atoms with Crippen molar-refractivity contribution in [1.82, 2.24) is 15.2 Å². The molecule has 2 aromatic heterocycles. The molecular weight excluding hydrogens is 342 g/mol. The van der Waals surface area contributed by atoms with Gasteiger partial charge in [-0.3, -0.25) is 9.89 Å². The zero-order valence-electron chi connectivity index (χ0n) is 12.7. The van der Waals surface area contributed by atoms with Crippen LogP contribution in [0.1, 0.15) is 12.5 Å². The van der Waals surface area contributed by atoms with E-state index in [-0.39, 0.29) is 5.91 Å². The number of amides is 1. The molecule has 0 saturated carbocycles. The van der Waals surface area contributed by atoms with Gasteiger partial charge >= 0.3 is 0 Å². The zero-order valence-corrected chi connectivity index (χ0v) is 14.3. The number of hydrogen-bond donors (Lipinski definition) is 2. The van der Waals surface area contributed by atoms with Crippen molar-refractivity contribution in [2.24, 2.45) is 0 Å². The minimum Gasteiger partial charge on any atom is -0.316 e. The summed E-state index contributed by atoms with van der Waals surface area (Å²) in [6.07, 6.45) is 0. The minimum absolute atomic E-state index is 0.190. The Labute approximate surface area is 146 Å². The number of aromatic amines is 1. The number of nitriles is 1. The van der Waals surface area contributed by atoms with Crippen LogP contribution in [0.2, 0.25) is 0 Å². The Hall–Kier alpha value is -2.63. The highest BCUT2D eigenvalue weighted by Gasteiger charge is 2.19. The van der Waals surface area contributed by atoms with E-state index in [1.165, 1.54) is 23.1 Å². The molecule has 2 heterocycles. The van der Waals surface area contributed by atoms with Gasteiger partial charge in [-0.1, -0.05) is 42.1 Å². The molecule has 2 N–H and O–H groups in total. The summed E-state index contributed by atoms with van der Waals surface area (Å²) < 4.78 is 0. The summed E-state index contributed by atoms with van der Waals surface area (Å²) in [6, 6.07) is 13.4. The maximum absolute atomic E-state index is 12.3. The van der Waals surface area contributed by atoms with Crippen molar-refractivity contribution in [3.8, 4) is 17.5 Å². The highest BCUT2D eigenvalue weighted by atomic mass is 32.2. The normalized spacial score (nSPS) is 11.7. The van der Waals surface area contributed by atoms with Gasteiger partial charge in [-0.2, -0.15) is 5.26 Å². The zero-order chi connectivity index (χ0) is 16.9. The Morgan fingerprint density at radius 3 is 2.92 bits per heavy atom. The van der Waals surface area contributed by atoms with Crippen molar-refractivity contribution >= 4 is 34.0 Å². The molecule has 8 heteroatoms. The summed E-state index contributed by atoms with van der Waals surface area (Å²) in [7, 11) is 0. The maximum atomic E-state index is 12.3. The van der Waals surface area contributed by atoms with E-state index in [1.54, 1.807) is 18.4 Å². The van der Waals surface area contributed by atoms with Crippen molar-refractivity contribution in [3.63, 3.8) is 0 Å². The number of carbonyl (C=O) groups is 1. The molecular formula is C16H13N5OS2. The molecule has 120 valence electrons. The molecule has 0 spiro atoms. The lowest BCUT2D eigenvalue weighted by Gasteiger charge is -2.08. The lowest BCUT2D eigenvalue weighted by molar-refractivity contribution is -0.115. The second-order valence-electron chi connectivity index (χ2n) is 4.86. The van der Waals surface area contributed by atoms with Crippen LogP contribution in [0, 0.1) is 11.3 Å². The number of benzene rings is 1. The predicted octanol–water partition coefficient (Wildman–Crippen LogP) is 3.52. The lowest BCUT2D eigenvalue weighted by Crippen LogP contribution is -2.22. The summed E-state index contributed by atoms with van der Waals surface area (Å²) in [4.78, 5) is 16.7. The number of thioether (sulfide) groups is 1. The van der Waals surface area contributed by atoms with E-state index in [1.807, 2.05) is 30.3 Å². The van der Waals surface area contributed by atoms with E-state index in [2.05, 4.69) is 26.6 Å². The first-order chi connectivity index (χ1) is 11.7. The maximum Gasteiger partial charge on any atom is 0.238 e. The number of hydrogen-bond acceptors (Lipinski definition) is 6. The highest BCUT2D eigenvalue weighted by Crippen LogP contribution is 2.26. The molecule has 0 radical (unpaired) electrons. The third-order valence-electron chi connectivity index (χ3n) is 3.19. The Morgan fingerprint density at radius 1 is 1.38 bits per heavy atom. The average Bonchev–Trinajstić information content (AvgIpc) is 3.24. The molecule has 0 aliphatic heterocycles. The van der Waals surface area contributed by atoms with E-state index < -0.39 is 5.25 Å². The van der Waals surface area contributed by atoms with Gasteiger partial charge in [-0.15, -0.1) is 16.4 Å². The van der Waals surface area contributed by atoms with E-state index in [0.29, 0.717) is 21.5 Å². The monoisotopic (exact) mass is 355 g/mol. The third kappa shape index (κ3) is 3.64. The van der Waals surface area contributed by atoms with Crippen molar-refractivity contribution < 1.29 is 4.79 Å². The molecule has 0 aliphatic carbocycles. The van der Waals surface area contributed by atoms with E-state index in [9.17, 15) is 4.79 Å². The third-order valence-corrected chi connectivity index (χ3v) is 4.98. The number of nitrogens with zero attached hydrogens (tertiary/aromatic N) is 3. The van der Waals surface area contributed by atoms with Crippen LogP contribution in [-0.2, 0) is 4.79 Å². The van der Waals surface area contributed by atoms with Crippen LogP contribution >= 0.6 is 23.1 Å². The van der Waals surface area contributed by atoms with Gasteiger partial charge in [0.05, 0.1) is 10.8 Å². The van der Waals surface area contributed by atoms with Crippen LogP contribution < -0.4 is 5.32 Å². The largest absolute Gasteiger partial charge is 0.316 e. The summed E-state index contributed by atoms with van der Waals surface area (Å²) in [5.41, 5.74) is 1.40. The predicted molar refractivity (Wildman–Crippen MR) is 94.8 cm³/mol. The molecule has 3 rings (SSSR count). The number of rotatable bonds is 5. The first-order valence-corrected chi connectivity index (χ1v) is 8.86. The smallest absolute Gasteiger partial charge is 0.238 e. The summed E-state index contributed by atoms with van der Waals surface area (Å²) in [6.45, 7) is 1.78. The van der Waals surface area contributed by atoms with E-state index >= 15 is 0 Å². The van der Waals surface area contributed by atoms with Crippen molar-refractivity contribution in [1.29, 1.82) is 5.26 Å². The standard InChI is InChI=1S/C16H13N5OS2/c1-10(14(22)19-15-12(9-17)7-8-23-15)24-16-18-13(20-21-16)11-5-3-2-4-6-11/h2-8,10H,1H3,(H,19,22)(H,18,20,21)/t10-/m1/s1. The molecule has 1 atom stereocenters. The number of nitrogens with one attached hydrogen (secondary N) is 2. The van der Waals surface area contributed by atoms with Gasteiger partial charge in [0.1, 0.15) is 11.1 Å². The number of carbonyl (C=O) groups excluding carboxylic acids is 1. The lowest BCUT2D eigenvalue weighted by atomic mass is 10.2. The molecule has 0 aliphatic rings. The van der Waals surface area contributed by atoms with Crippen molar-refractivity contribution in [2.75, 3.05) is 5.32 Å². The molecule has 0 saturated heterocycles. The van der Waals surface area contributed by atoms with Gasteiger partial charge in [-0.05, 0) is 18.4 Å². The fraction of sp³-hybridized carbons (Fsp3) is 0.125. The second kappa shape index (κ2) is 7.29. The van der Waals surface area contributed by atoms with Crippen LogP contribution in [0.5, 0.6) is 0 Å². The van der Waals surface area contributed by atoms with Crippen molar-refractivity contribution in [3.05, 3.63) is 47.3 Å². The number of anilines is 1. The van der Waals surface area contributed by atoms with Crippen LogP contribution in [0.25, 0.3) is 11.4 Å². The summed E-state index contributed by atoms with van der Waals surface area (Å²) in [5.74, 6) is 0.473. The Bertz CT molecular complexity index is 881. The second-order valence-corrected chi connectivity index (χ2v) is 7.08. The molecule has 24 heavy (non-hydrogen) atoms. The highest BCUT2D eigenvalue weighted by molar-refractivity contribution is 8.00. The quantitative estimate of drug-likeness (QED) is 0.683. The molecule has 3 aromatic rings. The van der Waals surface area contributed by atoms with Crippen molar-refractivity contribution in [2.45, 2.75) is 17.3 Å². The van der Waals surface area contributed by atoms with E-state index in [4.69, 9.17) is 5.26 Å². The topological polar surface area (TPSA) is 94.5 Å². The fourth-order valence-corrected chi connectivity index (χ4v) is 3.41. The van der Waals surface area contributed by atoms with Gasteiger partial charge in [0.2, 0.25) is 11.1 Å². The number of H-pyrrole nitrogens is 1. The molecule has 6 nitrogen and oxygen atoms in total. The molecule has 1 aromatic carbocycles. The molecule has 1 amide bonds. The number of aromatic nitrogens is 3. The SMILES string of the molecule is C[C@@H](Sc1n[nH]c(-c2ccccc2)n1)C(=O)Nc1sccc1C#N. The van der Waals surface area contributed by atoms with Crippen LogP contribution in [-0.4, -0.2) is 26.3 Å². The van der Waals surface area contributed by atoms with Gasteiger partial charge in [0.15, 0.2) is 5.82 Å². The van der Waals surface area contributed by atoms with E-state index in [0.717, 1.165) is 5.56 Å². The van der Waals surface area contributed by atoms with Gasteiger partial charge in [0, 0.05) is 5.56 Å². The summed E-state index contributed by atoms with van der Waals surface area (Å²) in [5, 5.41) is 21.2. The first kappa shape index (κ1) is 16.2.